The van der Waals surface area contributed by atoms with E-state index in [-0.39, 0.29) is 17.4 Å². The SMILES string of the molecule is O=C(c1ncccc1OCC(F)F)N1CCC(O)CC1. The lowest BCUT2D eigenvalue weighted by Crippen LogP contribution is -2.40. The zero-order chi connectivity index (χ0) is 14.5. The number of alkyl halides is 2. The van der Waals surface area contributed by atoms with Crippen LogP contribution in [0.3, 0.4) is 0 Å². The smallest absolute Gasteiger partial charge is 0.276 e. The molecule has 1 amide bonds. The number of aliphatic hydroxyl groups is 1. The van der Waals surface area contributed by atoms with Crippen molar-refractivity contribution in [2.45, 2.75) is 25.4 Å². The highest BCUT2D eigenvalue weighted by molar-refractivity contribution is 5.95. The van der Waals surface area contributed by atoms with Crippen molar-refractivity contribution >= 4 is 5.91 Å². The number of rotatable bonds is 4. The monoisotopic (exact) mass is 286 g/mol. The highest BCUT2D eigenvalue weighted by atomic mass is 19.3. The molecule has 1 aromatic rings. The van der Waals surface area contributed by atoms with E-state index >= 15 is 0 Å². The van der Waals surface area contributed by atoms with E-state index < -0.39 is 19.1 Å². The van der Waals surface area contributed by atoms with Crippen molar-refractivity contribution in [3.05, 3.63) is 24.0 Å². The molecule has 1 N–H and O–H groups in total. The van der Waals surface area contributed by atoms with Gasteiger partial charge >= 0.3 is 0 Å². The first-order chi connectivity index (χ1) is 9.58. The van der Waals surface area contributed by atoms with Crippen LogP contribution >= 0.6 is 0 Å². The van der Waals surface area contributed by atoms with E-state index in [2.05, 4.69) is 4.98 Å². The molecule has 0 radical (unpaired) electrons. The highest BCUT2D eigenvalue weighted by Gasteiger charge is 2.25. The lowest BCUT2D eigenvalue weighted by atomic mass is 10.1. The summed E-state index contributed by atoms with van der Waals surface area (Å²) in [4.78, 5) is 17.8. The maximum Gasteiger partial charge on any atom is 0.276 e. The predicted octanol–water partition coefficient (Wildman–Crippen LogP) is 1.32. The van der Waals surface area contributed by atoms with Crippen molar-refractivity contribution in [2.24, 2.45) is 0 Å². The summed E-state index contributed by atoms with van der Waals surface area (Å²) in [5.74, 6) is -0.300. The number of halogens is 2. The molecule has 5 nitrogen and oxygen atoms in total. The standard InChI is InChI=1S/C13H16F2N2O3/c14-11(15)8-20-10-2-1-5-16-12(10)13(19)17-6-3-9(18)4-7-17/h1-2,5,9,11,18H,3-4,6-8H2. The highest BCUT2D eigenvalue weighted by Crippen LogP contribution is 2.20. The molecule has 1 aromatic heterocycles. The summed E-state index contributed by atoms with van der Waals surface area (Å²) >= 11 is 0. The second-order valence-electron chi connectivity index (χ2n) is 4.58. The molecule has 20 heavy (non-hydrogen) atoms. The molecular weight excluding hydrogens is 270 g/mol. The predicted molar refractivity (Wildman–Crippen MR) is 66.9 cm³/mol. The van der Waals surface area contributed by atoms with E-state index in [0.29, 0.717) is 25.9 Å². The molecule has 2 heterocycles. The fraction of sp³-hybridized carbons (Fsp3) is 0.538. The second kappa shape index (κ2) is 6.60. The summed E-state index contributed by atoms with van der Waals surface area (Å²) < 4.78 is 29.3. The number of likely N-dealkylation sites (tertiary alicyclic amines) is 1. The van der Waals surface area contributed by atoms with Gasteiger partial charge in [0, 0.05) is 19.3 Å². The second-order valence-corrected chi connectivity index (χ2v) is 4.58. The Morgan fingerprint density at radius 2 is 2.20 bits per heavy atom. The Kier molecular flexibility index (Phi) is 4.84. The summed E-state index contributed by atoms with van der Waals surface area (Å²) in [5.41, 5.74) is 0.0320. The molecule has 0 aromatic carbocycles. The molecule has 110 valence electrons. The Balaban J connectivity index is 2.09. The number of amides is 1. The third-order valence-electron chi connectivity index (χ3n) is 3.09. The minimum Gasteiger partial charge on any atom is -0.485 e. The molecule has 2 rings (SSSR count). The zero-order valence-electron chi connectivity index (χ0n) is 10.8. The van der Waals surface area contributed by atoms with Gasteiger partial charge in [0.1, 0.15) is 6.61 Å². The molecule has 1 saturated heterocycles. The minimum absolute atomic E-state index is 0.0320. The van der Waals surface area contributed by atoms with E-state index in [1.807, 2.05) is 0 Å². The van der Waals surface area contributed by atoms with Crippen molar-refractivity contribution in [3.63, 3.8) is 0 Å². The maximum absolute atomic E-state index is 12.3. The van der Waals surface area contributed by atoms with Crippen LogP contribution in [0.4, 0.5) is 8.78 Å². The average molecular weight is 286 g/mol. The van der Waals surface area contributed by atoms with Gasteiger partial charge in [-0.2, -0.15) is 0 Å². The molecule has 1 aliphatic heterocycles. The fourth-order valence-corrected chi connectivity index (χ4v) is 2.04. The van der Waals surface area contributed by atoms with Crippen LogP contribution in [0.25, 0.3) is 0 Å². The number of hydrogen-bond donors (Lipinski definition) is 1. The number of carbonyl (C=O) groups excluding carboxylic acids is 1. The third-order valence-corrected chi connectivity index (χ3v) is 3.09. The average Bonchev–Trinajstić information content (AvgIpc) is 2.45. The van der Waals surface area contributed by atoms with Crippen molar-refractivity contribution in [1.29, 1.82) is 0 Å². The van der Waals surface area contributed by atoms with E-state index in [9.17, 15) is 18.7 Å². The normalized spacial score (nSPS) is 16.5. The number of pyridine rings is 1. The Bertz CT molecular complexity index is 463. The number of nitrogens with zero attached hydrogens (tertiary/aromatic N) is 2. The van der Waals surface area contributed by atoms with Gasteiger partial charge in [-0.15, -0.1) is 0 Å². The molecule has 0 bridgehead atoms. The van der Waals surface area contributed by atoms with Crippen LogP contribution in [0.15, 0.2) is 18.3 Å². The number of hydrogen-bond acceptors (Lipinski definition) is 4. The first-order valence-electron chi connectivity index (χ1n) is 6.41. The molecule has 1 fully saturated rings. The lowest BCUT2D eigenvalue weighted by Gasteiger charge is -2.29. The Morgan fingerprint density at radius 3 is 2.85 bits per heavy atom. The third kappa shape index (κ3) is 3.63. The van der Waals surface area contributed by atoms with Crippen LogP contribution < -0.4 is 4.74 Å². The summed E-state index contributed by atoms with van der Waals surface area (Å²) in [5, 5.41) is 9.42. The van der Waals surface area contributed by atoms with Gasteiger partial charge in [-0.25, -0.2) is 13.8 Å². The van der Waals surface area contributed by atoms with Crippen molar-refractivity contribution in [2.75, 3.05) is 19.7 Å². The first kappa shape index (κ1) is 14.6. The molecule has 0 atom stereocenters. The molecule has 0 spiro atoms. The number of ether oxygens (including phenoxy) is 1. The minimum atomic E-state index is -2.61. The fourth-order valence-electron chi connectivity index (χ4n) is 2.04. The zero-order valence-corrected chi connectivity index (χ0v) is 10.8. The van der Waals surface area contributed by atoms with E-state index in [1.165, 1.54) is 18.3 Å². The first-order valence-corrected chi connectivity index (χ1v) is 6.41. The molecule has 1 aliphatic rings. The summed E-state index contributed by atoms with van der Waals surface area (Å²) in [6.07, 6.45) is -0.570. The van der Waals surface area contributed by atoms with E-state index in [0.717, 1.165) is 0 Å². The van der Waals surface area contributed by atoms with Gasteiger partial charge in [0.2, 0.25) is 0 Å². The van der Waals surface area contributed by atoms with Crippen molar-refractivity contribution in [3.8, 4) is 5.75 Å². The Morgan fingerprint density at radius 1 is 1.50 bits per heavy atom. The molecule has 0 aliphatic carbocycles. The van der Waals surface area contributed by atoms with Crippen LogP contribution in [0.2, 0.25) is 0 Å². The van der Waals surface area contributed by atoms with Gasteiger partial charge in [0.15, 0.2) is 11.4 Å². The molecule has 0 unspecified atom stereocenters. The van der Waals surface area contributed by atoms with Crippen molar-refractivity contribution in [1.82, 2.24) is 9.88 Å². The topological polar surface area (TPSA) is 62.7 Å². The van der Waals surface area contributed by atoms with Crippen LogP contribution in [0, 0.1) is 0 Å². The largest absolute Gasteiger partial charge is 0.485 e. The van der Waals surface area contributed by atoms with Gasteiger partial charge in [0.25, 0.3) is 12.3 Å². The quantitative estimate of drug-likeness (QED) is 0.907. The lowest BCUT2D eigenvalue weighted by molar-refractivity contribution is 0.0526. The van der Waals surface area contributed by atoms with Crippen LogP contribution in [-0.4, -0.2) is 53.1 Å². The van der Waals surface area contributed by atoms with Crippen molar-refractivity contribution < 1.29 is 23.4 Å². The van der Waals surface area contributed by atoms with Crippen LogP contribution in [0.1, 0.15) is 23.3 Å². The van der Waals surface area contributed by atoms with Gasteiger partial charge < -0.3 is 14.7 Å². The number of aromatic nitrogens is 1. The summed E-state index contributed by atoms with van der Waals surface area (Å²) in [7, 11) is 0. The molecule has 0 saturated carbocycles. The summed E-state index contributed by atoms with van der Waals surface area (Å²) in [6.45, 7) is 0.0699. The number of aliphatic hydroxyl groups excluding tert-OH is 1. The van der Waals surface area contributed by atoms with Crippen LogP contribution in [0.5, 0.6) is 5.75 Å². The number of carbonyl (C=O) groups is 1. The Hall–Kier alpha value is -1.76. The Labute approximate surface area is 115 Å². The van der Waals surface area contributed by atoms with Gasteiger partial charge in [-0.3, -0.25) is 4.79 Å². The summed E-state index contributed by atoms with van der Waals surface area (Å²) in [6, 6.07) is 2.97. The van der Waals surface area contributed by atoms with Crippen LogP contribution in [-0.2, 0) is 0 Å². The number of piperidine rings is 1. The molecular formula is C13H16F2N2O3. The maximum atomic E-state index is 12.3. The van der Waals surface area contributed by atoms with Gasteiger partial charge in [0.05, 0.1) is 6.10 Å². The van der Waals surface area contributed by atoms with Gasteiger partial charge in [-0.05, 0) is 25.0 Å². The molecule has 7 heteroatoms. The van der Waals surface area contributed by atoms with E-state index in [1.54, 1.807) is 4.90 Å². The van der Waals surface area contributed by atoms with E-state index in [4.69, 9.17) is 4.74 Å². The van der Waals surface area contributed by atoms with Gasteiger partial charge in [-0.1, -0.05) is 0 Å².